The first kappa shape index (κ1) is 24.9. The van der Waals surface area contributed by atoms with Crippen molar-refractivity contribution in [1.29, 1.82) is 0 Å². The Morgan fingerprint density at radius 1 is 0.750 bits per heavy atom. The quantitative estimate of drug-likeness (QED) is 0.308. The minimum absolute atomic E-state index is 0.610. The van der Waals surface area contributed by atoms with E-state index in [1.165, 1.54) is 69.9 Å². The molecule has 4 atom stereocenters. The van der Waals surface area contributed by atoms with Crippen molar-refractivity contribution in [3.05, 3.63) is 24.3 Å². The minimum atomic E-state index is 0.610. The van der Waals surface area contributed by atoms with Crippen molar-refractivity contribution in [2.75, 3.05) is 10.6 Å². The third-order valence-corrected chi connectivity index (χ3v) is 6.37. The van der Waals surface area contributed by atoms with Crippen molar-refractivity contribution in [3.63, 3.8) is 0 Å². The molecule has 0 amide bonds. The molecule has 0 aliphatic carbocycles. The van der Waals surface area contributed by atoms with E-state index >= 15 is 0 Å². The van der Waals surface area contributed by atoms with E-state index in [0.29, 0.717) is 12.1 Å². The van der Waals surface area contributed by atoms with Crippen molar-refractivity contribution in [2.45, 2.75) is 118 Å². The van der Waals surface area contributed by atoms with Crippen LogP contribution in [0.1, 0.15) is 106 Å². The summed E-state index contributed by atoms with van der Waals surface area (Å²) >= 11 is 0. The summed E-state index contributed by atoms with van der Waals surface area (Å²) in [5, 5.41) is 0. The molecule has 0 aromatic heterocycles. The van der Waals surface area contributed by atoms with E-state index < -0.39 is 0 Å². The predicted molar refractivity (Wildman–Crippen MR) is 128 cm³/mol. The minimum Gasteiger partial charge on any atom is -0.399 e. The summed E-state index contributed by atoms with van der Waals surface area (Å²) in [7, 11) is 0. The molecule has 0 bridgehead atoms. The molecule has 162 valence electrons. The third kappa shape index (κ3) is 8.45. The van der Waals surface area contributed by atoms with Gasteiger partial charge in [0.2, 0.25) is 0 Å². The molecule has 2 N–H and O–H groups in total. The van der Waals surface area contributed by atoms with Crippen LogP contribution < -0.4 is 10.6 Å². The summed E-state index contributed by atoms with van der Waals surface area (Å²) < 4.78 is 0. The van der Waals surface area contributed by atoms with E-state index in [0.717, 1.165) is 17.5 Å². The highest BCUT2D eigenvalue weighted by Crippen LogP contribution is 2.31. The highest BCUT2D eigenvalue weighted by atomic mass is 15.2. The first-order valence-electron chi connectivity index (χ1n) is 12.1. The zero-order valence-electron chi connectivity index (χ0n) is 19.7. The van der Waals surface area contributed by atoms with Crippen molar-refractivity contribution in [2.24, 2.45) is 11.8 Å². The Bertz CT molecular complexity index is 472. The van der Waals surface area contributed by atoms with Crippen LogP contribution in [-0.2, 0) is 0 Å². The second kappa shape index (κ2) is 13.9. The molecular weight excluding hydrogens is 340 g/mol. The fraction of sp³-hybridized carbons (Fsp3) is 0.769. The van der Waals surface area contributed by atoms with Crippen LogP contribution in [-0.4, -0.2) is 12.1 Å². The highest BCUT2D eigenvalue weighted by molar-refractivity contribution is 5.54. The molecule has 0 fully saturated rings. The summed E-state index contributed by atoms with van der Waals surface area (Å²) in [6.07, 6.45) is 13.0. The van der Waals surface area contributed by atoms with Gasteiger partial charge in [0.05, 0.1) is 0 Å². The van der Waals surface area contributed by atoms with Gasteiger partial charge in [-0.25, -0.2) is 0 Å². The second-order valence-corrected chi connectivity index (χ2v) is 9.09. The average Bonchev–Trinajstić information content (AvgIpc) is 2.70. The topological polar surface area (TPSA) is 29.3 Å². The van der Waals surface area contributed by atoms with Gasteiger partial charge >= 0.3 is 0 Å². The molecule has 0 aliphatic rings. The fourth-order valence-corrected chi connectivity index (χ4v) is 4.59. The maximum Gasteiger partial charge on any atom is 0.0372 e. The van der Waals surface area contributed by atoms with Crippen LogP contribution in [0.3, 0.4) is 0 Å². The number of benzene rings is 1. The molecule has 4 unspecified atom stereocenters. The molecule has 0 heterocycles. The lowest BCUT2D eigenvalue weighted by atomic mass is 9.89. The average molecular weight is 389 g/mol. The van der Waals surface area contributed by atoms with Gasteiger partial charge in [-0.2, -0.15) is 0 Å². The van der Waals surface area contributed by atoms with Gasteiger partial charge in [-0.05, 0) is 61.8 Å². The van der Waals surface area contributed by atoms with Gasteiger partial charge in [0.25, 0.3) is 0 Å². The Labute approximate surface area is 176 Å². The first-order chi connectivity index (χ1) is 13.5. The van der Waals surface area contributed by atoms with E-state index in [1.54, 1.807) is 0 Å². The van der Waals surface area contributed by atoms with Crippen molar-refractivity contribution >= 4 is 11.4 Å². The Morgan fingerprint density at radius 3 is 1.54 bits per heavy atom. The van der Waals surface area contributed by atoms with Gasteiger partial charge in [-0.1, -0.05) is 80.1 Å². The maximum atomic E-state index is 6.00. The van der Waals surface area contributed by atoms with Gasteiger partial charge in [0.1, 0.15) is 0 Å². The molecule has 0 radical (unpaired) electrons. The predicted octanol–water partition coefficient (Wildman–Crippen LogP) is 8.07. The lowest BCUT2D eigenvalue weighted by Crippen LogP contribution is -2.44. The van der Waals surface area contributed by atoms with E-state index in [-0.39, 0.29) is 0 Å². The van der Waals surface area contributed by atoms with Crippen LogP contribution in [0.25, 0.3) is 0 Å². The number of nitrogen functional groups attached to an aromatic ring is 1. The SMILES string of the molecule is CCCCC(C)CC(CC)N(c1ccc(N)cc1)C(CC)CC(C)CCCC. The number of hydrogen-bond donors (Lipinski definition) is 1. The summed E-state index contributed by atoms with van der Waals surface area (Å²) in [5.74, 6) is 1.58. The van der Waals surface area contributed by atoms with E-state index in [2.05, 4.69) is 70.7 Å². The molecule has 0 spiro atoms. The van der Waals surface area contributed by atoms with Gasteiger partial charge in [0.15, 0.2) is 0 Å². The van der Waals surface area contributed by atoms with Crippen molar-refractivity contribution in [1.82, 2.24) is 0 Å². The highest BCUT2D eigenvalue weighted by Gasteiger charge is 2.27. The van der Waals surface area contributed by atoms with Crippen LogP contribution in [0, 0.1) is 11.8 Å². The zero-order valence-corrected chi connectivity index (χ0v) is 19.7. The standard InChI is InChI=1S/C26H48N2/c1-7-11-13-21(5)19-24(9-3)28(26-17-15-23(27)16-18-26)25(10-4)20-22(6)14-12-8-2/h15-18,21-22,24-25H,7-14,19-20,27H2,1-6H3. The molecule has 1 rings (SSSR count). The summed E-state index contributed by atoms with van der Waals surface area (Å²) in [6.45, 7) is 14.2. The first-order valence-corrected chi connectivity index (χ1v) is 12.1. The molecular formula is C26H48N2. The molecule has 28 heavy (non-hydrogen) atoms. The van der Waals surface area contributed by atoms with Crippen LogP contribution in [0.15, 0.2) is 24.3 Å². The molecule has 2 heteroatoms. The van der Waals surface area contributed by atoms with Crippen LogP contribution >= 0.6 is 0 Å². The molecule has 1 aromatic carbocycles. The van der Waals surface area contributed by atoms with Crippen molar-refractivity contribution in [3.8, 4) is 0 Å². The lowest BCUT2D eigenvalue weighted by Gasteiger charge is -2.42. The molecule has 1 aromatic rings. The summed E-state index contributed by atoms with van der Waals surface area (Å²) in [4.78, 5) is 2.77. The Kier molecular flexibility index (Phi) is 12.3. The number of unbranched alkanes of at least 4 members (excludes halogenated alkanes) is 2. The number of nitrogens with two attached hydrogens (primary N) is 1. The van der Waals surface area contributed by atoms with Gasteiger partial charge in [-0.15, -0.1) is 0 Å². The van der Waals surface area contributed by atoms with Gasteiger partial charge in [-0.3, -0.25) is 0 Å². The smallest absolute Gasteiger partial charge is 0.0372 e. The lowest BCUT2D eigenvalue weighted by molar-refractivity contribution is 0.342. The number of rotatable bonds is 15. The molecule has 2 nitrogen and oxygen atoms in total. The largest absolute Gasteiger partial charge is 0.399 e. The summed E-state index contributed by atoms with van der Waals surface area (Å²) in [6, 6.07) is 9.85. The number of hydrogen-bond acceptors (Lipinski definition) is 2. The monoisotopic (exact) mass is 388 g/mol. The molecule has 0 saturated heterocycles. The molecule has 0 saturated carbocycles. The summed E-state index contributed by atoms with van der Waals surface area (Å²) in [5.41, 5.74) is 8.21. The maximum absolute atomic E-state index is 6.00. The van der Waals surface area contributed by atoms with Crippen LogP contribution in [0.2, 0.25) is 0 Å². The van der Waals surface area contributed by atoms with Crippen LogP contribution in [0.4, 0.5) is 11.4 Å². The zero-order chi connectivity index (χ0) is 20.9. The Hall–Kier alpha value is -1.18. The Balaban J connectivity index is 3.05. The molecule has 0 aliphatic heterocycles. The van der Waals surface area contributed by atoms with E-state index in [1.807, 2.05) is 0 Å². The second-order valence-electron chi connectivity index (χ2n) is 9.09. The normalized spacial score (nSPS) is 15.8. The Morgan fingerprint density at radius 2 is 1.18 bits per heavy atom. The fourth-order valence-electron chi connectivity index (χ4n) is 4.59. The number of nitrogens with zero attached hydrogens (tertiary/aromatic N) is 1. The van der Waals surface area contributed by atoms with E-state index in [4.69, 9.17) is 5.73 Å². The number of anilines is 2. The third-order valence-electron chi connectivity index (χ3n) is 6.37. The van der Waals surface area contributed by atoms with Gasteiger partial charge < -0.3 is 10.6 Å². The van der Waals surface area contributed by atoms with E-state index in [9.17, 15) is 0 Å². The van der Waals surface area contributed by atoms with Gasteiger partial charge in [0, 0.05) is 23.5 Å². The van der Waals surface area contributed by atoms with Crippen LogP contribution in [0.5, 0.6) is 0 Å². The van der Waals surface area contributed by atoms with Crippen molar-refractivity contribution < 1.29 is 0 Å².